The zero-order chi connectivity index (χ0) is 23.1. The van der Waals surface area contributed by atoms with Gasteiger partial charge in [-0.1, -0.05) is 18.5 Å². The van der Waals surface area contributed by atoms with Gasteiger partial charge in [-0.2, -0.15) is 0 Å². The molecule has 1 fully saturated rings. The van der Waals surface area contributed by atoms with Crippen LogP contribution in [-0.4, -0.2) is 58.4 Å². The second kappa shape index (κ2) is 8.60. The smallest absolute Gasteiger partial charge is 0.356 e. The van der Waals surface area contributed by atoms with Crippen molar-refractivity contribution in [2.24, 2.45) is 0 Å². The molecule has 0 aliphatic carbocycles. The normalized spacial score (nSPS) is 18.3. The molecule has 11 heteroatoms. The lowest BCUT2D eigenvalue weighted by Crippen LogP contribution is -2.51. The highest BCUT2D eigenvalue weighted by molar-refractivity contribution is 6.29. The van der Waals surface area contributed by atoms with E-state index in [-0.39, 0.29) is 22.6 Å². The molecule has 2 aliphatic rings. The van der Waals surface area contributed by atoms with E-state index in [0.717, 1.165) is 0 Å². The molecule has 3 aromatic rings. The third-order valence-corrected chi connectivity index (χ3v) is 6.01. The predicted octanol–water partition coefficient (Wildman–Crippen LogP) is 3.68. The number of pyridine rings is 1. The minimum Gasteiger partial charge on any atom is -0.476 e. The van der Waals surface area contributed by atoms with Crippen molar-refractivity contribution in [3.8, 4) is 5.88 Å². The van der Waals surface area contributed by atoms with Gasteiger partial charge in [-0.25, -0.2) is 24.1 Å². The molecule has 172 valence electrons. The number of ether oxygens (including phenoxy) is 2. The Labute approximate surface area is 193 Å². The Hall–Kier alpha value is -3.24. The summed E-state index contributed by atoms with van der Waals surface area (Å²) in [6, 6.07) is 5.35. The Morgan fingerprint density at radius 1 is 1.33 bits per heavy atom. The number of carbonyl (C=O) groups is 1. The lowest BCUT2D eigenvalue weighted by Gasteiger charge is -2.39. The van der Waals surface area contributed by atoms with Gasteiger partial charge in [0.2, 0.25) is 0 Å². The van der Waals surface area contributed by atoms with E-state index in [1.54, 1.807) is 6.07 Å². The van der Waals surface area contributed by atoms with Gasteiger partial charge in [-0.15, -0.1) is 0 Å². The van der Waals surface area contributed by atoms with Gasteiger partial charge in [0, 0.05) is 18.2 Å². The minimum absolute atomic E-state index is 0.0419. The number of benzene rings is 1. The van der Waals surface area contributed by atoms with Gasteiger partial charge in [0.1, 0.15) is 17.6 Å². The number of aromatic nitrogens is 3. The standard InChI is InChI=1S/C22H21ClFN5O4/c1-2-14(25-15-3-4-17(23)27-19(15)22(30)31)13-7-11(24)8-16-18(13)28-20-21(26-16)33-10-12-9-32-6-5-29(12)20/h3-4,7-8,12,14,25H,2,5-6,9-10H2,1H3,(H,30,31)/t12-,14+/m0/s1. The highest BCUT2D eigenvalue weighted by Crippen LogP contribution is 2.37. The van der Waals surface area contributed by atoms with Gasteiger partial charge in [0.25, 0.3) is 5.88 Å². The van der Waals surface area contributed by atoms with Crippen LogP contribution in [0.4, 0.5) is 15.9 Å². The Morgan fingerprint density at radius 3 is 2.97 bits per heavy atom. The van der Waals surface area contributed by atoms with Gasteiger partial charge < -0.3 is 24.8 Å². The van der Waals surface area contributed by atoms with E-state index in [1.807, 2.05) is 6.92 Å². The molecular weight excluding hydrogens is 453 g/mol. The van der Waals surface area contributed by atoms with Gasteiger partial charge in [0.05, 0.1) is 42.0 Å². The zero-order valence-corrected chi connectivity index (χ0v) is 18.5. The second-order valence-corrected chi connectivity index (χ2v) is 8.28. The van der Waals surface area contributed by atoms with Crippen molar-refractivity contribution in [1.82, 2.24) is 15.0 Å². The number of rotatable bonds is 5. The maximum absolute atomic E-state index is 14.6. The fraction of sp³-hybridized carbons (Fsp3) is 0.364. The summed E-state index contributed by atoms with van der Waals surface area (Å²) in [7, 11) is 0. The van der Waals surface area contributed by atoms with Crippen LogP contribution in [0, 0.1) is 5.82 Å². The quantitative estimate of drug-likeness (QED) is 0.536. The molecule has 0 bridgehead atoms. The highest BCUT2D eigenvalue weighted by Gasteiger charge is 2.33. The summed E-state index contributed by atoms with van der Waals surface area (Å²) in [5.74, 6) is -0.722. The van der Waals surface area contributed by atoms with Crippen LogP contribution in [0.3, 0.4) is 0 Å². The number of nitrogens with zero attached hydrogens (tertiary/aromatic N) is 4. The topological polar surface area (TPSA) is 110 Å². The van der Waals surface area contributed by atoms with E-state index in [1.165, 1.54) is 18.2 Å². The van der Waals surface area contributed by atoms with Crippen LogP contribution < -0.4 is 15.0 Å². The van der Waals surface area contributed by atoms with Crippen molar-refractivity contribution in [2.45, 2.75) is 25.4 Å². The van der Waals surface area contributed by atoms with E-state index in [0.29, 0.717) is 61.1 Å². The minimum atomic E-state index is -1.22. The summed E-state index contributed by atoms with van der Waals surface area (Å²) in [5.41, 5.74) is 1.50. The van der Waals surface area contributed by atoms with E-state index < -0.39 is 17.8 Å². The summed E-state index contributed by atoms with van der Waals surface area (Å²) in [6.07, 6.45) is 0.523. The number of carboxylic acid groups (broad SMARTS) is 1. The molecule has 4 heterocycles. The third kappa shape index (κ3) is 4.00. The van der Waals surface area contributed by atoms with Crippen LogP contribution in [0.25, 0.3) is 11.0 Å². The Morgan fingerprint density at radius 2 is 2.18 bits per heavy atom. The van der Waals surface area contributed by atoms with Gasteiger partial charge in [0.15, 0.2) is 11.5 Å². The number of fused-ring (bicyclic) bond motifs is 4. The van der Waals surface area contributed by atoms with Crippen molar-refractivity contribution in [1.29, 1.82) is 0 Å². The summed E-state index contributed by atoms with van der Waals surface area (Å²) in [6.45, 7) is 4.11. The van der Waals surface area contributed by atoms with E-state index in [4.69, 9.17) is 26.1 Å². The molecule has 2 N–H and O–H groups in total. The van der Waals surface area contributed by atoms with Crippen molar-refractivity contribution in [3.63, 3.8) is 0 Å². The SMILES string of the molecule is CC[C@@H](Nc1ccc(Cl)nc1C(=O)O)c1cc(F)cc2nc3c(nc12)N1CCOC[C@H]1CO3. The first-order valence-corrected chi connectivity index (χ1v) is 11.0. The van der Waals surface area contributed by atoms with Crippen molar-refractivity contribution < 1.29 is 23.8 Å². The van der Waals surface area contributed by atoms with Gasteiger partial charge in [-0.3, -0.25) is 0 Å². The average molecular weight is 474 g/mol. The number of aromatic carboxylic acids is 1. The van der Waals surface area contributed by atoms with Crippen LogP contribution in [-0.2, 0) is 4.74 Å². The molecule has 0 radical (unpaired) electrons. The molecule has 0 unspecified atom stereocenters. The molecule has 0 spiro atoms. The van der Waals surface area contributed by atoms with Crippen LogP contribution in [0.2, 0.25) is 5.15 Å². The van der Waals surface area contributed by atoms with Crippen molar-refractivity contribution >= 4 is 40.1 Å². The highest BCUT2D eigenvalue weighted by atomic mass is 35.5. The number of morpholine rings is 1. The molecule has 0 amide bonds. The van der Waals surface area contributed by atoms with Crippen LogP contribution in [0.15, 0.2) is 24.3 Å². The molecule has 1 saturated heterocycles. The molecule has 2 aliphatic heterocycles. The lowest BCUT2D eigenvalue weighted by molar-refractivity contribution is 0.0684. The number of anilines is 2. The summed E-state index contributed by atoms with van der Waals surface area (Å²) < 4.78 is 26.0. The van der Waals surface area contributed by atoms with Crippen molar-refractivity contribution in [3.05, 3.63) is 46.5 Å². The molecule has 1 aromatic carbocycles. The number of nitrogens with one attached hydrogen (secondary N) is 1. The number of hydrogen-bond donors (Lipinski definition) is 2. The van der Waals surface area contributed by atoms with E-state index >= 15 is 0 Å². The zero-order valence-electron chi connectivity index (χ0n) is 17.7. The summed E-state index contributed by atoms with van der Waals surface area (Å²) in [5, 5.41) is 12.8. The number of hydrogen-bond acceptors (Lipinski definition) is 8. The number of carboxylic acids is 1. The second-order valence-electron chi connectivity index (χ2n) is 7.89. The summed E-state index contributed by atoms with van der Waals surface area (Å²) >= 11 is 5.88. The Bertz CT molecular complexity index is 1240. The largest absolute Gasteiger partial charge is 0.476 e. The Balaban J connectivity index is 1.60. The molecule has 2 aromatic heterocycles. The predicted molar refractivity (Wildman–Crippen MR) is 120 cm³/mol. The molecule has 9 nitrogen and oxygen atoms in total. The number of halogens is 2. The molecule has 0 saturated carbocycles. The molecule has 2 atom stereocenters. The first-order valence-electron chi connectivity index (χ1n) is 10.6. The van der Waals surface area contributed by atoms with Crippen LogP contribution in [0.1, 0.15) is 35.4 Å². The first-order chi connectivity index (χ1) is 15.9. The lowest BCUT2D eigenvalue weighted by atomic mass is 10.0. The van der Waals surface area contributed by atoms with Crippen LogP contribution in [0.5, 0.6) is 5.88 Å². The van der Waals surface area contributed by atoms with Gasteiger partial charge >= 0.3 is 5.97 Å². The summed E-state index contributed by atoms with van der Waals surface area (Å²) in [4.78, 5) is 27.1. The first kappa shape index (κ1) is 21.6. The van der Waals surface area contributed by atoms with Crippen LogP contribution >= 0.6 is 11.6 Å². The maximum atomic E-state index is 14.6. The fourth-order valence-electron chi connectivity index (χ4n) is 4.22. The molecule has 5 rings (SSSR count). The monoisotopic (exact) mass is 473 g/mol. The van der Waals surface area contributed by atoms with Crippen molar-refractivity contribution in [2.75, 3.05) is 36.6 Å². The molecule has 33 heavy (non-hydrogen) atoms. The third-order valence-electron chi connectivity index (χ3n) is 5.80. The van der Waals surface area contributed by atoms with E-state index in [2.05, 4.69) is 20.2 Å². The maximum Gasteiger partial charge on any atom is 0.356 e. The average Bonchev–Trinajstić information content (AvgIpc) is 2.81. The fourth-order valence-corrected chi connectivity index (χ4v) is 4.37. The van der Waals surface area contributed by atoms with Gasteiger partial charge in [-0.05, 0) is 24.6 Å². The molecular formula is C22H21ClFN5O4. The van der Waals surface area contributed by atoms with E-state index in [9.17, 15) is 14.3 Å². The Kier molecular flexibility index (Phi) is 5.63.